The molecule has 3 nitrogen and oxygen atoms in total. The molecule has 0 aromatic heterocycles. The fourth-order valence-corrected chi connectivity index (χ4v) is 3.38. The number of rotatable bonds is 1. The Morgan fingerprint density at radius 2 is 1.86 bits per heavy atom. The van der Waals surface area contributed by atoms with E-state index in [1.165, 1.54) is 3.63 Å². The van der Waals surface area contributed by atoms with Crippen molar-refractivity contribution >= 4 is 34.0 Å². The zero-order valence-corrected chi connectivity index (χ0v) is 10.2. The van der Waals surface area contributed by atoms with Gasteiger partial charge >= 0.3 is 0 Å². The summed E-state index contributed by atoms with van der Waals surface area (Å²) in [6.07, 6.45) is 0. The summed E-state index contributed by atoms with van der Waals surface area (Å²) in [7, 11) is 1.94. The SMILES string of the molecule is CC1=IC(=O)N(c2ccccc2)N1C. The molecular weight excluding hydrogens is 291 g/mol. The molecule has 0 radical (unpaired) electrons. The Morgan fingerprint density at radius 3 is 2.36 bits per heavy atom. The first-order valence-corrected chi connectivity index (χ1v) is 6.47. The van der Waals surface area contributed by atoms with Crippen LogP contribution in [0.1, 0.15) is 6.92 Å². The van der Waals surface area contributed by atoms with Crippen LogP contribution in [0.2, 0.25) is 0 Å². The molecule has 0 N–H and O–H groups in total. The van der Waals surface area contributed by atoms with Gasteiger partial charge in [0.15, 0.2) is 0 Å². The van der Waals surface area contributed by atoms with Crippen LogP contribution >= 0.6 is 20.7 Å². The molecule has 1 aliphatic heterocycles. The molecule has 0 aliphatic carbocycles. The highest BCUT2D eigenvalue weighted by molar-refractivity contribution is 14.2. The van der Waals surface area contributed by atoms with E-state index in [9.17, 15) is 4.79 Å². The molecule has 4 heteroatoms. The number of hydrogen-bond acceptors (Lipinski definition) is 2. The molecule has 1 aromatic rings. The summed E-state index contributed by atoms with van der Waals surface area (Å²) >= 11 is -0.460. The van der Waals surface area contributed by atoms with Crippen LogP contribution in [-0.2, 0) is 0 Å². The van der Waals surface area contributed by atoms with Crippen molar-refractivity contribution in [1.29, 1.82) is 0 Å². The molecule has 0 saturated heterocycles. The third-order valence-electron chi connectivity index (χ3n) is 2.13. The van der Waals surface area contributed by atoms with Crippen molar-refractivity contribution in [2.24, 2.45) is 0 Å². The van der Waals surface area contributed by atoms with Crippen LogP contribution in [0.4, 0.5) is 10.5 Å². The number of carbonyl (C=O) groups is 1. The van der Waals surface area contributed by atoms with E-state index in [0.717, 1.165) is 5.69 Å². The van der Waals surface area contributed by atoms with Gasteiger partial charge in [0.2, 0.25) is 0 Å². The predicted octanol–water partition coefficient (Wildman–Crippen LogP) is 2.59. The summed E-state index contributed by atoms with van der Waals surface area (Å²) < 4.78 is 1.44. The highest BCUT2D eigenvalue weighted by Gasteiger charge is 2.26. The molecule has 0 fully saturated rings. The second-order valence-corrected chi connectivity index (χ2v) is 6.04. The number of amides is 1. The molecule has 14 heavy (non-hydrogen) atoms. The molecule has 74 valence electrons. The van der Waals surface area contributed by atoms with Crippen molar-refractivity contribution in [3.8, 4) is 0 Å². The molecular formula is C10H11IN2O. The van der Waals surface area contributed by atoms with Gasteiger partial charge < -0.3 is 0 Å². The Bertz CT molecular complexity index is 388. The topological polar surface area (TPSA) is 23.6 Å². The highest BCUT2D eigenvalue weighted by Crippen LogP contribution is 2.27. The summed E-state index contributed by atoms with van der Waals surface area (Å²) in [5.74, 6) is 0. The first-order chi connectivity index (χ1) is 6.70. The quantitative estimate of drug-likeness (QED) is 0.452. The van der Waals surface area contributed by atoms with Crippen molar-refractivity contribution in [2.45, 2.75) is 6.92 Å². The van der Waals surface area contributed by atoms with Gasteiger partial charge in [-0.3, -0.25) is 4.79 Å². The number of anilines is 1. The van der Waals surface area contributed by atoms with Crippen molar-refractivity contribution in [3.63, 3.8) is 0 Å². The minimum Gasteiger partial charge on any atom is -0.261 e. The van der Waals surface area contributed by atoms with E-state index in [0.29, 0.717) is 0 Å². The fraction of sp³-hybridized carbons (Fsp3) is 0.200. The maximum Gasteiger partial charge on any atom is 0.297 e. The lowest BCUT2D eigenvalue weighted by Gasteiger charge is -2.24. The Labute approximate surface area is 93.0 Å². The standard InChI is InChI=1S/C10H11IN2O/c1-8-11-10(14)13(12(8)2)9-6-4-3-5-7-9/h3-7H,1-2H3. The first-order valence-electron chi connectivity index (χ1n) is 4.31. The molecule has 1 amide bonds. The lowest BCUT2D eigenvalue weighted by molar-refractivity contribution is 0.260. The van der Waals surface area contributed by atoms with E-state index in [4.69, 9.17) is 0 Å². The summed E-state index contributed by atoms with van der Waals surface area (Å²) in [4.78, 5) is 11.7. The lowest BCUT2D eigenvalue weighted by Crippen LogP contribution is -2.39. The van der Waals surface area contributed by atoms with Gasteiger partial charge in [-0.15, -0.1) is 0 Å². The van der Waals surface area contributed by atoms with Crippen LogP contribution in [0.5, 0.6) is 0 Å². The van der Waals surface area contributed by atoms with Gasteiger partial charge in [0.1, 0.15) is 0 Å². The van der Waals surface area contributed by atoms with Gasteiger partial charge in [0.05, 0.1) is 5.69 Å². The van der Waals surface area contributed by atoms with Crippen molar-refractivity contribution in [2.75, 3.05) is 12.1 Å². The minimum absolute atomic E-state index is 0.245. The minimum atomic E-state index is -0.460. The highest BCUT2D eigenvalue weighted by atomic mass is 127. The van der Waals surface area contributed by atoms with Gasteiger partial charge in [-0.25, -0.2) is 5.01 Å². The number of halogens is 1. The maximum absolute atomic E-state index is 11.7. The van der Waals surface area contributed by atoms with Gasteiger partial charge in [-0.1, -0.05) is 18.2 Å². The summed E-state index contributed by atoms with van der Waals surface area (Å²) in [5.41, 5.74) is 0.955. The van der Waals surface area contributed by atoms with Crippen LogP contribution in [0, 0.1) is 0 Å². The molecule has 1 aliphatic rings. The Balaban J connectivity index is 2.34. The third-order valence-corrected chi connectivity index (χ3v) is 4.53. The van der Waals surface area contributed by atoms with Crippen molar-refractivity contribution in [1.82, 2.24) is 5.01 Å². The van der Waals surface area contributed by atoms with E-state index < -0.39 is 20.7 Å². The Morgan fingerprint density at radius 1 is 1.21 bits per heavy atom. The summed E-state index contributed by atoms with van der Waals surface area (Å²) in [6, 6.07) is 9.76. The lowest BCUT2D eigenvalue weighted by atomic mass is 10.3. The molecule has 0 atom stereocenters. The van der Waals surface area contributed by atoms with Gasteiger partial charge in [-0.2, -0.15) is 5.01 Å². The fourth-order valence-electron chi connectivity index (χ4n) is 1.32. The van der Waals surface area contributed by atoms with E-state index in [1.54, 1.807) is 5.01 Å². The largest absolute Gasteiger partial charge is 0.297 e. The zero-order chi connectivity index (χ0) is 10.1. The molecule has 1 heterocycles. The average Bonchev–Trinajstić information content (AvgIpc) is 2.43. The van der Waals surface area contributed by atoms with Crippen molar-refractivity contribution < 1.29 is 4.79 Å². The smallest absolute Gasteiger partial charge is 0.261 e. The summed E-state index contributed by atoms with van der Waals surface area (Å²) in [5, 5.41) is 3.70. The summed E-state index contributed by atoms with van der Waals surface area (Å²) in [6.45, 7) is 2.02. The van der Waals surface area contributed by atoms with Crippen LogP contribution in [0.15, 0.2) is 30.3 Å². The molecule has 0 spiro atoms. The molecule has 0 saturated carbocycles. The first kappa shape index (κ1) is 9.79. The number of benzene rings is 1. The van der Waals surface area contributed by atoms with Gasteiger partial charge in [0, 0.05) is 31.4 Å². The predicted molar refractivity (Wildman–Crippen MR) is 66.8 cm³/mol. The van der Waals surface area contributed by atoms with Crippen LogP contribution in [0.3, 0.4) is 0 Å². The number of carbonyl (C=O) groups excluding carboxylic acids is 1. The van der Waals surface area contributed by atoms with Crippen LogP contribution in [-0.4, -0.2) is 19.6 Å². The van der Waals surface area contributed by atoms with Crippen molar-refractivity contribution in [3.05, 3.63) is 30.3 Å². The third kappa shape index (κ3) is 1.59. The van der Waals surface area contributed by atoms with E-state index >= 15 is 0 Å². The second-order valence-electron chi connectivity index (χ2n) is 3.02. The normalized spacial score (nSPS) is 18.0. The zero-order valence-electron chi connectivity index (χ0n) is 8.07. The monoisotopic (exact) mass is 302 g/mol. The number of para-hydroxylation sites is 1. The van der Waals surface area contributed by atoms with Crippen LogP contribution in [0.25, 0.3) is 0 Å². The second kappa shape index (κ2) is 3.78. The number of nitrogens with zero attached hydrogens (tertiary/aromatic N) is 2. The number of hydrazine groups is 1. The van der Waals surface area contributed by atoms with E-state index in [2.05, 4.69) is 0 Å². The number of hydrogen-bond donors (Lipinski definition) is 0. The molecule has 0 unspecified atom stereocenters. The Kier molecular flexibility index (Phi) is 2.64. The molecule has 1 aromatic carbocycles. The van der Waals surface area contributed by atoms with Gasteiger partial charge in [-0.05, 0) is 19.1 Å². The molecule has 2 rings (SSSR count). The van der Waals surface area contributed by atoms with Gasteiger partial charge in [0.25, 0.3) is 3.91 Å². The average molecular weight is 302 g/mol. The van der Waals surface area contributed by atoms with E-state index in [1.807, 2.05) is 49.3 Å². The van der Waals surface area contributed by atoms with E-state index in [-0.39, 0.29) is 3.91 Å². The Hall–Kier alpha value is -0.750. The van der Waals surface area contributed by atoms with Crippen LogP contribution < -0.4 is 5.01 Å². The maximum atomic E-state index is 11.7. The molecule has 0 bridgehead atoms.